The average Bonchev–Trinajstić information content (AvgIpc) is 2.81. The van der Waals surface area contributed by atoms with Crippen LogP contribution in [0.5, 0.6) is 0 Å². The van der Waals surface area contributed by atoms with Crippen molar-refractivity contribution in [1.82, 2.24) is 15.0 Å². The lowest BCUT2D eigenvalue weighted by Gasteiger charge is -2.07. The Morgan fingerprint density at radius 2 is 1.90 bits per heavy atom. The molecule has 3 aromatic rings. The molecule has 3 nitrogen and oxygen atoms in total. The van der Waals surface area contributed by atoms with Gasteiger partial charge in [0, 0.05) is 23.3 Å². The van der Waals surface area contributed by atoms with Crippen LogP contribution in [0.4, 0.5) is 17.6 Å². The van der Waals surface area contributed by atoms with E-state index >= 15 is 0 Å². The highest BCUT2D eigenvalue weighted by Crippen LogP contribution is 2.33. The normalized spacial score (nSPS) is 12.0. The number of hydrogen-bond acceptors (Lipinski definition) is 2. The summed E-state index contributed by atoms with van der Waals surface area (Å²) in [6, 6.07) is 3.01. The highest BCUT2D eigenvalue weighted by Gasteiger charge is 2.31. The summed E-state index contributed by atoms with van der Waals surface area (Å²) < 4.78 is 51.2. The Bertz CT molecular complexity index is 777. The molecule has 0 aliphatic carbocycles. The van der Waals surface area contributed by atoms with Crippen molar-refractivity contribution in [2.75, 3.05) is 0 Å². The van der Waals surface area contributed by atoms with Gasteiger partial charge >= 0.3 is 6.18 Å². The maximum Gasteiger partial charge on any atom is 0.416 e. The fraction of sp³-hybridized carbons (Fsp3) is 0.0769. The summed E-state index contributed by atoms with van der Waals surface area (Å²) in [4.78, 5) is 10.5. The van der Waals surface area contributed by atoms with Crippen molar-refractivity contribution >= 4 is 11.0 Å². The molecule has 3 heterocycles. The number of fused-ring (bicyclic) bond motifs is 1. The molecule has 0 unspecified atom stereocenters. The van der Waals surface area contributed by atoms with Gasteiger partial charge in [-0.3, -0.25) is 4.98 Å². The molecule has 0 radical (unpaired) electrons. The molecule has 0 spiro atoms. The Morgan fingerprint density at radius 3 is 2.65 bits per heavy atom. The zero-order valence-corrected chi connectivity index (χ0v) is 9.87. The first-order valence-corrected chi connectivity index (χ1v) is 5.61. The molecule has 102 valence electrons. The van der Waals surface area contributed by atoms with E-state index in [4.69, 9.17) is 0 Å². The van der Waals surface area contributed by atoms with Crippen LogP contribution < -0.4 is 0 Å². The molecule has 0 bridgehead atoms. The summed E-state index contributed by atoms with van der Waals surface area (Å²) in [5.41, 5.74) is 0.0680. The number of halogens is 4. The molecule has 0 fully saturated rings. The van der Waals surface area contributed by atoms with Crippen LogP contribution in [0.3, 0.4) is 0 Å². The summed E-state index contributed by atoms with van der Waals surface area (Å²) in [6.07, 6.45) is -0.890. The smallest absolute Gasteiger partial charge is 0.345 e. The van der Waals surface area contributed by atoms with E-state index in [9.17, 15) is 17.6 Å². The van der Waals surface area contributed by atoms with E-state index in [2.05, 4.69) is 15.0 Å². The number of H-pyrrole nitrogens is 1. The maximum atomic E-state index is 13.2. The minimum absolute atomic E-state index is 0.110. The number of aromatic amines is 1. The molecule has 0 aliphatic heterocycles. The highest BCUT2D eigenvalue weighted by molar-refractivity contribution is 5.92. The second-order valence-corrected chi connectivity index (χ2v) is 4.18. The maximum absolute atomic E-state index is 13.2. The molecule has 3 aromatic heterocycles. The molecule has 0 atom stereocenters. The lowest BCUT2D eigenvalue weighted by molar-refractivity contribution is -0.137. The SMILES string of the molecule is Fc1cnc2[nH]cc(-c3cc(C(F)(F)F)ccn3)c2c1. The summed E-state index contributed by atoms with van der Waals surface area (Å²) in [5, 5.41) is 0.386. The minimum atomic E-state index is -4.45. The first-order valence-electron chi connectivity index (χ1n) is 5.61. The molecule has 0 saturated carbocycles. The Hall–Kier alpha value is -2.44. The van der Waals surface area contributed by atoms with E-state index in [0.717, 1.165) is 24.5 Å². The van der Waals surface area contributed by atoms with Gasteiger partial charge in [0.25, 0.3) is 0 Å². The first-order chi connectivity index (χ1) is 9.45. The van der Waals surface area contributed by atoms with Gasteiger partial charge in [0.05, 0.1) is 17.5 Å². The van der Waals surface area contributed by atoms with Crippen molar-refractivity contribution in [2.24, 2.45) is 0 Å². The van der Waals surface area contributed by atoms with E-state index in [1.165, 1.54) is 12.3 Å². The predicted octanol–water partition coefficient (Wildman–Crippen LogP) is 3.78. The number of aromatic nitrogens is 3. The monoisotopic (exact) mass is 281 g/mol. The van der Waals surface area contributed by atoms with Crippen molar-refractivity contribution < 1.29 is 17.6 Å². The van der Waals surface area contributed by atoms with Gasteiger partial charge < -0.3 is 4.98 Å². The van der Waals surface area contributed by atoms with Crippen LogP contribution in [0.2, 0.25) is 0 Å². The Morgan fingerprint density at radius 1 is 1.10 bits per heavy atom. The number of pyridine rings is 2. The predicted molar refractivity (Wildman–Crippen MR) is 64.3 cm³/mol. The Kier molecular flexibility index (Phi) is 2.70. The van der Waals surface area contributed by atoms with Crippen LogP contribution >= 0.6 is 0 Å². The third-order valence-electron chi connectivity index (χ3n) is 2.86. The minimum Gasteiger partial charge on any atom is -0.345 e. The van der Waals surface area contributed by atoms with E-state index in [-0.39, 0.29) is 5.69 Å². The van der Waals surface area contributed by atoms with E-state index < -0.39 is 17.6 Å². The second kappa shape index (κ2) is 4.29. The van der Waals surface area contributed by atoms with Crippen molar-refractivity contribution in [3.05, 3.63) is 48.2 Å². The zero-order chi connectivity index (χ0) is 14.3. The van der Waals surface area contributed by atoms with Crippen LogP contribution in [0.1, 0.15) is 5.56 Å². The van der Waals surface area contributed by atoms with E-state index in [1.807, 2.05) is 0 Å². The number of hydrogen-bond donors (Lipinski definition) is 1. The molecular formula is C13H7F4N3. The number of rotatable bonds is 1. The van der Waals surface area contributed by atoms with Gasteiger partial charge in [-0.25, -0.2) is 9.37 Å². The van der Waals surface area contributed by atoms with Crippen LogP contribution in [0, 0.1) is 5.82 Å². The van der Waals surface area contributed by atoms with Gasteiger partial charge in [0.2, 0.25) is 0 Å². The molecular weight excluding hydrogens is 274 g/mol. The quantitative estimate of drug-likeness (QED) is 0.690. The fourth-order valence-corrected chi connectivity index (χ4v) is 1.94. The molecule has 0 saturated heterocycles. The molecule has 7 heteroatoms. The number of nitrogens with zero attached hydrogens (tertiary/aromatic N) is 2. The van der Waals surface area contributed by atoms with Crippen LogP contribution in [0.15, 0.2) is 36.8 Å². The summed E-state index contributed by atoms with van der Waals surface area (Å²) in [6.45, 7) is 0. The fourth-order valence-electron chi connectivity index (χ4n) is 1.94. The molecule has 3 rings (SSSR count). The highest BCUT2D eigenvalue weighted by atomic mass is 19.4. The van der Waals surface area contributed by atoms with Gasteiger partial charge in [0.1, 0.15) is 11.5 Å². The van der Waals surface area contributed by atoms with Crippen molar-refractivity contribution in [2.45, 2.75) is 6.18 Å². The topological polar surface area (TPSA) is 41.6 Å². The van der Waals surface area contributed by atoms with Crippen molar-refractivity contribution in [3.63, 3.8) is 0 Å². The third-order valence-corrected chi connectivity index (χ3v) is 2.86. The van der Waals surface area contributed by atoms with E-state index in [1.54, 1.807) is 0 Å². The summed E-state index contributed by atoms with van der Waals surface area (Å²) >= 11 is 0. The average molecular weight is 281 g/mol. The molecule has 20 heavy (non-hydrogen) atoms. The van der Waals surface area contributed by atoms with E-state index in [0.29, 0.717) is 16.6 Å². The van der Waals surface area contributed by atoms with Crippen LogP contribution in [-0.2, 0) is 6.18 Å². The lowest BCUT2D eigenvalue weighted by atomic mass is 10.1. The van der Waals surface area contributed by atoms with Crippen molar-refractivity contribution in [3.8, 4) is 11.3 Å². The summed E-state index contributed by atoms with van der Waals surface area (Å²) in [7, 11) is 0. The molecule has 0 aromatic carbocycles. The Labute approximate surface area is 110 Å². The van der Waals surface area contributed by atoms with Crippen molar-refractivity contribution in [1.29, 1.82) is 0 Å². The molecule has 1 N–H and O–H groups in total. The van der Waals surface area contributed by atoms with Gasteiger partial charge in [0.15, 0.2) is 0 Å². The largest absolute Gasteiger partial charge is 0.416 e. The van der Waals surface area contributed by atoms with Crippen LogP contribution in [-0.4, -0.2) is 15.0 Å². The van der Waals surface area contributed by atoms with Gasteiger partial charge in [-0.1, -0.05) is 0 Å². The standard InChI is InChI=1S/C13H7F4N3/c14-8-4-9-10(6-20-12(9)19-5-8)11-3-7(1-2-18-11)13(15,16)17/h1-6H,(H,19,20). The molecule has 0 amide bonds. The first kappa shape index (κ1) is 12.6. The molecule has 0 aliphatic rings. The van der Waals surface area contributed by atoms with Gasteiger partial charge in [-0.2, -0.15) is 13.2 Å². The Balaban J connectivity index is 2.18. The number of alkyl halides is 3. The third kappa shape index (κ3) is 2.11. The van der Waals surface area contributed by atoms with Crippen LogP contribution in [0.25, 0.3) is 22.3 Å². The second-order valence-electron chi connectivity index (χ2n) is 4.18. The summed E-state index contributed by atoms with van der Waals surface area (Å²) in [5.74, 6) is -0.565. The lowest BCUT2D eigenvalue weighted by Crippen LogP contribution is -2.05. The van der Waals surface area contributed by atoms with Gasteiger partial charge in [-0.05, 0) is 18.2 Å². The zero-order valence-electron chi connectivity index (χ0n) is 9.87. The number of nitrogens with one attached hydrogen (secondary N) is 1. The van der Waals surface area contributed by atoms with Gasteiger partial charge in [-0.15, -0.1) is 0 Å².